The van der Waals surface area contributed by atoms with Crippen LogP contribution in [-0.4, -0.2) is 18.1 Å². The fourth-order valence-electron chi connectivity index (χ4n) is 2.64. The molecule has 30 heavy (non-hydrogen) atoms. The Hall–Kier alpha value is -3.32. The second-order valence-corrected chi connectivity index (χ2v) is 7.14. The van der Waals surface area contributed by atoms with Gasteiger partial charge in [0.25, 0.3) is 0 Å². The maximum Gasteiger partial charge on any atom is 0.248 e. The van der Waals surface area contributed by atoms with Gasteiger partial charge in [0, 0.05) is 17.3 Å². The molecule has 3 aromatic rings. The van der Waals surface area contributed by atoms with Crippen LogP contribution >= 0.6 is 15.9 Å². The third kappa shape index (κ3) is 5.61. The van der Waals surface area contributed by atoms with E-state index in [4.69, 9.17) is 9.47 Å². The molecule has 0 saturated heterocycles. The van der Waals surface area contributed by atoms with Gasteiger partial charge in [0.2, 0.25) is 5.91 Å². The number of benzene rings is 3. The van der Waals surface area contributed by atoms with Gasteiger partial charge in [0.05, 0.1) is 11.6 Å². The molecule has 0 radical (unpaired) electrons. The van der Waals surface area contributed by atoms with Crippen molar-refractivity contribution in [1.82, 2.24) is 0 Å². The van der Waals surface area contributed by atoms with Crippen molar-refractivity contribution in [2.24, 2.45) is 0 Å². The number of nitrogens with one attached hydrogen (secondary N) is 1. The van der Waals surface area contributed by atoms with E-state index >= 15 is 0 Å². The number of amides is 1. The van der Waals surface area contributed by atoms with Crippen molar-refractivity contribution >= 4 is 33.6 Å². The lowest BCUT2D eigenvalue weighted by molar-refractivity contribution is -0.111. The van der Waals surface area contributed by atoms with Crippen molar-refractivity contribution in [1.29, 1.82) is 0 Å². The summed E-state index contributed by atoms with van der Waals surface area (Å²) in [5.41, 5.74) is 1.71. The quantitative estimate of drug-likeness (QED) is 0.351. The number of hydrogen-bond donors (Lipinski definition) is 2. The zero-order valence-corrected chi connectivity index (χ0v) is 17.6. The maximum absolute atomic E-state index is 13.8. The highest BCUT2D eigenvalue weighted by molar-refractivity contribution is 9.10. The van der Waals surface area contributed by atoms with Gasteiger partial charge >= 0.3 is 0 Å². The molecule has 3 aromatic carbocycles. The first-order chi connectivity index (χ1) is 14.5. The van der Waals surface area contributed by atoms with E-state index in [0.717, 1.165) is 0 Å². The number of phenolic OH excluding ortho intramolecular Hbond substituents is 1. The van der Waals surface area contributed by atoms with Gasteiger partial charge < -0.3 is 19.9 Å². The Kier molecular flexibility index (Phi) is 7.08. The molecule has 0 spiro atoms. The minimum Gasteiger partial charge on any atom is -0.508 e. The molecular weight excluding hydrogens is 453 g/mol. The lowest BCUT2D eigenvalue weighted by Gasteiger charge is -2.14. The molecule has 2 N–H and O–H groups in total. The van der Waals surface area contributed by atoms with Crippen LogP contribution in [0.4, 0.5) is 10.1 Å². The summed E-state index contributed by atoms with van der Waals surface area (Å²) in [5.74, 6) is 0.339. The molecule has 0 fully saturated rings. The van der Waals surface area contributed by atoms with E-state index in [1.54, 1.807) is 48.5 Å². The molecule has 0 heterocycles. The van der Waals surface area contributed by atoms with Crippen molar-refractivity contribution in [2.45, 2.75) is 6.61 Å². The molecule has 0 saturated carbocycles. The number of methoxy groups -OCH3 is 1. The number of phenols is 1. The van der Waals surface area contributed by atoms with E-state index in [-0.39, 0.29) is 24.1 Å². The Bertz CT molecular complexity index is 1070. The number of carbonyl (C=O) groups excluding carboxylic acids is 1. The second-order valence-electron chi connectivity index (χ2n) is 6.28. The Morgan fingerprint density at radius 2 is 1.90 bits per heavy atom. The normalized spacial score (nSPS) is 10.8. The second kappa shape index (κ2) is 9.93. The van der Waals surface area contributed by atoms with Crippen LogP contribution in [0.2, 0.25) is 0 Å². The van der Waals surface area contributed by atoms with E-state index in [1.165, 1.54) is 31.4 Å². The van der Waals surface area contributed by atoms with Gasteiger partial charge in [-0.1, -0.05) is 18.2 Å². The topological polar surface area (TPSA) is 67.8 Å². The number of hydrogen-bond acceptors (Lipinski definition) is 4. The summed E-state index contributed by atoms with van der Waals surface area (Å²) < 4.78 is 25.6. The first-order valence-corrected chi connectivity index (χ1v) is 9.77. The summed E-state index contributed by atoms with van der Waals surface area (Å²) in [4.78, 5) is 12.1. The third-order valence-electron chi connectivity index (χ3n) is 4.14. The predicted octanol–water partition coefficient (Wildman–Crippen LogP) is 5.53. The fraction of sp³-hybridized carbons (Fsp3) is 0.0870. The number of rotatable bonds is 7. The summed E-state index contributed by atoms with van der Waals surface area (Å²) >= 11 is 3.44. The van der Waals surface area contributed by atoms with E-state index in [9.17, 15) is 14.3 Å². The van der Waals surface area contributed by atoms with Crippen LogP contribution in [0.15, 0.2) is 71.2 Å². The highest BCUT2D eigenvalue weighted by Crippen LogP contribution is 2.37. The fourth-order valence-corrected chi connectivity index (χ4v) is 3.22. The molecular formula is C23H19BrFNO4. The molecule has 0 aliphatic rings. The highest BCUT2D eigenvalue weighted by atomic mass is 79.9. The summed E-state index contributed by atoms with van der Waals surface area (Å²) in [6.45, 7) is 0.0475. The van der Waals surface area contributed by atoms with Crippen LogP contribution in [0, 0.1) is 5.82 Å². The largest absolute Gasteiger partial charge is 0.508 e. The standard InChI is InChI=1S/C23H19BrFNO4/c1-29-21-13-15(6-11-22(28)26-17-7-9-18(27)10-8-17)12-19(24)23(21)30-14-16-4-2-3-5-20(16)25/h2-13,27H,14H2,1H3,(H,26,28)/b11-6+. The Morgan fingerprint density at radius 3 is 2.60 bits per heavy atom. The summed E-state index contributed by atoms with van der Waals surface area (Å²) in [6, 6.07) is 16.0. The first-order valence-electron chi connectivity index (χ1n) is 8.98. The van der Waals surface area contributed by atoms with Crippen LogP contribution in [0.1, 0.15) is 11.1 Å². The van der Waals surface area contributed by atoms with Gasteiger partial charge in [-0.3, -0.25) is 4.79 Å². The van der Waals surface area contributed by atoms with Gasteiger partial charge in [0.15, 0.2) is 11.5 Å². The molecule has 0 unspecified atom stereocenters. The maximum atomic E-state index is 13.8. The number of anilines is 1. The minimum atomic E-state index is -0.341. The van der Waals surface area contributed by atoms with Crippen molar-refractivity contribution in [3.8, 4) is 17.2 Å². The smallest absolute Gasteiger partial charge is 0.248 e. The molecule has 7 heteroatoms. The van der Waals surface area contributed by atoms with Crippen LogP contribution < -0.4 is 14.8 Å². The first kappa shape index (κ1) is 21.4. The van der Waals surface area contributed by atoms with E-state index in [0.29, 0.717) is 32.8 Å². The highest BCUT2D eigenvalue weighted by Gasteiger charge is 2.12. The van der Waals surface area contributed by atoms with Gasteiger partial charge in [-0.05, 0) is 70.0 Å². The van der Waals surface area contributed by atoms with Crippen molar-refractivity contribution in [2.75, 3.05) is 12.4 Å². The minimum absolute atomic E-state index is 0.0475. The van der Waals surface area contributed by atoms with Gasteiger partial charge in [-0.2, -0.15) is 0 Å². The number of carbonyl (C=O) groups is 1. The van der Waals surface area contributed by atoms with E-state index in [1.807, 2.05) is 0 Å². The van der Waals surface area contributed by atoms with Crippen molar-refractivity contribution in [3.63, 3.8) is 0 Å². The molecule has 1 amide bonds. The molecule has 0 aromatic heterocycles. The van der Waals surface area contributed by atoms with E-state index in [2.05, 4.69) is 21.2 Å². The summed E-state index contributed by atoms with van der Waals surface area (Å²) in [7, 11) is 1.50. The zero-order chi connectivity index (χ0) is 21.5. The summed E-state index contributed by atoms with van der Waals surface area (Å²) in [6.07, 6.45) is 3.01. The molecule has 0 aliphatic carbocycles. The van der Waals surface area contributed by atoms with E-state index < -0.39 is 0 Å². The molecule has 0 atom stereocenters. The molecule has 5 nitrogen and oxygen atoms in total. The average molecular weight is 472 g/mol. The SMILES string of the molecule is COc1cc(/C=C/C(=O)Nc2ccc(O)cc2)cc(Br)c1OCc1ccccc1F. The number of halogens is 2. The Balaban J connectivity index is 1.71. The van der Waals surface area contributed by atoms with Gasteiger partial charge in [-0.15, -0.1) is 0 Å². The summed E-state index contributed by atoms with van der Waals surface area (Å²) in [5, 5.41) is 12.0. The molecule has 0 bridgehead atoms. The van der Waals surface area contributed by atoms with Gasteiger partial charge in [-0.25, -0.2) is 4.39 Å². The molecule has 3 rings (SSSR count). The van der Waals surface area contributed by atoms with Crippen molar-refractivity contribution in [3.05, 3.63) is 88.2 Å². The molecule has 0 aliphatic heterocycles. The van der Waals surface area contributed by atoms with Crippen molar-refractivity contribution < 1.29 is 23.8 Å². The molecule has 154 valence electrons. The predicted molar refractivity (Wildman–Crippen MR) is 117 cm³/mol. The monoisotopic (exact) mass is 471 g/mol. The third-order valence-corrected chi connectivity index (χ3v) is 4.73. The average Bonchev–Trinajstić information content (AvgIpc) is 2.74. The zero-order valence-electron chi connectivity index (χ0n) is 16.1. The number of ether oxygens (including phenoxy) is 2. The lowest BCUT2D eigenvalue weighted by Crippen LogP contribution is -2.07. The van der Waals surface area contributed by atoms with Gasteiger partial charge in [0.1, 0.15) is 18.2 Å². The number of aromatic hydroxyl groups is 1. The van der Waals surface area contributed by atoms with Crippen LogP contribution in [-0.2, 0) is 11.4 Å². The lowest BCUT2D eigenvalue weighted by atomic mass is 10.1. The van der Waals surface area contributed by atoms with Crippen LogP contribution in [0.3, 0.4) is 0 Å². The van der Waals surface area contributed by atoms with Crippen LogP contribution in [0.5, 0.6) is 17.2 Å². The van der Waals surface area contributed by atoms with Crippen LogP contribution in [0.25, 0.3) is 6.08 Å². The Morgan fingerprint density at radius 1 is 1.17 bits per heavy atom. The Labute approximate surface area is 181 Å².